The maximum Gasteiger partial charge on any atom is 0.253 e. The van der Waals surface area contributed by atoms with Crippen LogP contribution in [0.3, 0.4) is 0 Å². The smallest absolute Gasteiger partial charge is 0.253 e. The van der Waals surface area contributed by atoms with Gasteiger partial charge in [0.2, 0.25) is 0 Å². The van der Waals surface area contributed by atoms with Crippen molar-refractivity contribution >= 4 is 5.91 Å². The summed E-state index contributed by atoms with van der Waals surface area (Å²) in [4.78, 5) is 11.6. The summed E-state index contributed by atoms with van der Waals surface area (Å²) in [5.74, 6) is -0.367. The van der Waals surface area contributed by atoms with Gasteiger partial charge >= 0.3 is 0 Å². The molecule has 2 N–H and O–H groups in total. The number of hydrogen-bond acceptors (Lipinski definition) is 2. The standard InChI is InChI=1S/C12H17NO2/c1-12(2,3)13-11(15)10(14)9-7-5-4-6-8-9/h4-8,10,14H,1-3H3,(H,13,15). The van der Waals surface area contributed by atoms with E-state index in [9.17, 15) is 9.90 Å². The molecule has 1 amide bonds. The fourth-order valence-electron chi connectivity index (χ4n) is 1.22. The number of amides is 1. The number of rotatable bonds is 2. The highest BCUT2D eigenvalue weighted by molar-refractivity contribution is 5.82. The molecule has 1 aromatic carbocycles. The lowest BCUT2D eigenvalue weighted by atomic mass is 10.1. The van der Waals surface area contributed by atoms with Crippen LogP contribution < -0.4 is 5.32 Å². The predicted molar refractivity (Wildman–Crippen MR) is 59.3 cm³/mol. The van der Waals surface area contributed by atoms with Crippen molar-refractivity contribution in [3.05, 3.63) is 35.9 Å². The highest BCUT2D eigenvalue weighted by atomic mass is 16.3. The average Bonchev–Trinajstić information content (AvgIpc) is 2.15. The molecule has 82 valence electrons. The van der Waals surface area contributed by atoms with Gasteiger partial charge in [-0.25, -0.2) is 0 Å². The van der Waals surface area contributed by atoms with E-state index >= 15 is 0 Å². The summed E-state index contributed by atoms with van der Waals surface area (Å²) >= 11 is 0. The summed E-state index contributed by atoms with van der Waals surface area (Å²) in [5, 5.41) is 12.5. The number of nitrogens with one attached hydrogen (secondary N) is 1. The Morgan fingerprint density at radius 1 is 1.27 bits per heavy atom. The van der Waals surface area contributed by atoms with Crippen molar-refractivity contribution in [2.24, 2.45) is 0 Å². The largest absolute Gasteiger partial charge is 0.378 e. The molecule has 15 heavy (non-hydrogen) atoms. The van der Waals surface area contributed by atoms with Gasteiger partial charge in [-0.15, -0.1) is 0 Å². The summed E-state index contributed by atoms with van der Waals surface area (Å²) in [6.07, 6.45) is -1.09. The molecular weight excluding hydrogens is 190 g/mol. The lowest BCUT2D eigenvalue weighted by Crippen LogP contribution is -2.43. The monoisotopic (exact) mass is 207 g/mol. The molecule has 0 fully saturated rings. The van der Waals surface area contributed by atoms with Gasteiger partial charge in [-0.3, -0.25) is 4.79 Å². The molecule has 1 aromatic rings. The van der Waals surface area contributed by atoms with E-state index in [1.165, 1.54) is 0 Å². The fraction of sp³-hybridized carbons (Fsp3) is 0.417. The summed E-state index contributed by atoms with van der Waals surface area (Å²) in [6.45, 7) is 5.63. The molecule has 0 radical (unpaired) electrons. The normalized spacial score (nSPS) is 13.3. The topological polar surface area (TPSA) is 49.3 Å². The summed E-state index contributed by atoms with van der Waals surface area (Å²) in [7, 11) is 0. The van der Waals surface area contributed by atoms with E-state index in [0.29, 0.717) is 5.56 Å². The lowest BCUT2D eigenvalue weighted by molar-refractivity contribution is -0.131. The first-order chi connectivity index (χ1) is 6.90. The molecule has 0 aliphatic carbocycles. The summed E-state index contributed by atoms with van der Waals surface area (Å²) in [6, 6.07) is 8.89. The van der Waals surface area contributed by atoms with Gasteiger partial charge in [-0.2, -0.15) is 0 Å². The molecule has 0 spiro atoms. The van der Waals surface area contributed by atoms with Gasteiger partial charge < -0.3 is 10.4 Å². The maximum atomic E-state index is 11.6. The van der Waals surface area contributed by atoms with Gasteiger partial charge in [-0.1, -0.05) is 30.3 Å². The third-order valence-corrected chi connectivity index (χ3v) is 1.86. The van der Waals surface area contributed by atoms with Crippen LogP contribution in [0.25, 0.3) is 0 Å². The van der Waals surface area contributed by atoms with Crippen LogP contribution in [0.2, 0.25) is 0 Å². The zero-order chi connectivity index (χ0) is 11.5. The Balaban J connectivity index is 2.70. The van der Waals surface area contributed by atoms with Crippen molar-refractivity contribution in [2.45, 2.75) is 32.4 Å². The second kappa shape index (κ2) is 4.45. The number of carbonyl (C=O) groups excluding carboxylic acids is 1. The molecule has 0 heterocycles. The molecule has 0 aliphatic rings. The second-order valence-electron chi connectivity index (χ2n) is 4.55. The average molecular weight is 207 g/mol. The fourth-order valence-corrected chi connectivity index (χ4v) is 1.22. The van der Waals surface area contributed by atoms with Crippen LogP contribution in [-0.2, 0) is 4.79 Å². The van der Waals surface area contributed by atoms with Crippen molar-refractivity contribution in [3.8, 4) is 0 Å². The van der Waals surface area contributed by atoms with E-state index in [4.69, 9.17) is 0 Å². The van der Waals surface area contributed by atoms with Crippen molar-refractivity contribution < 1.29 is 9.90 Å². The first kappa shape index (κ1) is 11.7. The molecule has 0 aliphatic heterocycles. The van der Waals surface area contributed by atoms with Crippen molar-refractivity contribution in [3.63, 3.8) is 0 Å². The Morgan fingerprint density at radius 3 is 2.27 bits per heavy atom. The second-order valence-corrected chi connectivity index (χ2v) is 4.55. The molecular formula is C12H17NO2. The Labute approximate surface area is 90.1 Å². The molecule has 0 saturated carbocycles. The van der Waals surface area contributed by atoms with E-state index in [1.807, 2.05) is 26.8 Å². The predicted octanol–water partition coefficient (Wildman–Crippen LogP) is 1.63. The van der Waals surface area contributed by atoms with E-state index in [2.05, 4.69) is 5.32 Å². The van der Waals surface area contributed by atoms with Crippen LogP contribution in [0.5, 0.6) is 0 Å². The zero-order valence-corrected chi connectivity index (χ0v) is 9.32. The minimum absolute atomic E-state index is 0.327. The molecule has 0 saturated heterocycles. The molecule has 3 nitrogen and oxygen atoms in total. The molecule has 1 atom stereocenters. The first-order valence-electron chi connectivity index (χ1n) is 4.95. The quantitative estimate of drug-likeness (QED) is 0.774. The number of carbonyl (C=O) groups is 1. The van der Waals surface area contributed by atoms with E-state index in [1.54, 1.807) is 24.3 Å². The van der Waals surface area contributed by atoms with Gasteiger partial charge in [0, 0.05) is 5.54 Å². The Kier molecular flexibility index (Phi) is 3.48. The van der Waals surface area contributed by atoms with Gasteiger partial charge in [0.1, 0.15) is 0 Å². The Hall–Kier alpha value is -1.35. The van der Waals surface area contributed by atoms with Crippen molar-refractivity contribution in [1.82, 2.24) is 5.32 Å². The van der Waals surface area contributed by atoms with Crippen LogP contribution in [-0.4, -0.2) is 16.6 Å². The maximum absolute atomic E-state index is 11.6. The van der Waals surface area contributed by atoms with Crippen molar-refractivity contribution in [2.75, 3.05) is 0 Å². The first-order valence-corrected chi connectivity index (χ1v) is 4.95. The Bertz CT molecular complexity index is 327. The van der Waals surface area contributed by atoms with E-state index < -0.39 is 6.10 Å². The van der Waals surface area contributed by atoms with Gasteiger partial charge in [0.15, 0.2) is 6.10 Å². The van der Waals surface area contributed by atoms with E-state index in [-0.39, 0.29) is 11.4 Å². The zero-order valence-electron chi connectivity index (χ0n) is 9.32. The van der Waals surface area contributed by atoms with Gasteiger partial charge in [0.05, 0.1) is 0 Å². The van der Waals surface area contributed by atoms with E-state index in [0.717, 1.165) is 0 Å². The number of hydrogen-bond donors (Lipinski definition) is 2. The summed E-state index contributed by atoms with van der Waals surface area (Å²) in [5.41, 5.74) is 0.284. The van der Waals surface area contributed by atoms with Gasteiger partial charge in [0.25, 0.3) is 5.91 Å². The van der Waals surface area contributed by atoms with Crippen LogP contribution in [0.4, 0.5) is 0 Å². The molecule has 0 bridgehead atoms. The molecule has 3 heteroatoms. The number of benzene rings is 1. The van der Waals surface area contributed by atoms with Crippen LogP contribution in [0, 0.1) is 0 Å². The minimum Gasteiger partial charge on any atom is -0.378 e. The highest BCUT2D eigenvalue weighted by Gasteiger charge is 2.21. The number of aliphatic hydroxyl groups excluding tert-OH is 1. The van der Waals surface area contributed by atoms with Gasteiger partial charge in [-0.05, 0) is 26.3 Å². The summed E-state index contributed by atoms with van der Waals surface area (Å²) < 4.78 is 0. The lowest BCUT2D eigenvalue weighted by Gasteiger charge is -2.22. The number of aliphatic hydroxyl groups is 1. The van der Waals surface area contributed by atoms with Crippen molar-refractivity contribution in [1.29, 1.82) is 0 Å². The minimum atomic E-state index is -1.09. The third-order valence-electron chi connectivity index (χ3n) is 1.86. The van der Waals surface area contributed by atoms with Crippen LogP contribution in [0.1, 0.15) is 32.4 Å². The Morgan fingerprint density at radius 2 is 1.80 bits per heavy atom. The molecule has 0 aromatic heterocycles. The molecule has 1 unspecified atom stereocenters. The van der Waals surface area contributed by atoms with Crippen LogP contribution in [0.15, 0.2) is 30.3 Å². The third kappa shape index (κ3) is 3.72. The molecule has 1 rings (SSSR count). The highest BCUT2D eigenvalue weighted by Crippen LogP contribution is 2.13. The SMILES string of the molecule is CC(C)(C)NC(=O)C(O)c1ccccc1. The van der Waals surface area contributed by atoms with Crippen LogP contribution >= 0.6 is 0 Å².